The van der Waals surface area contributed by atoms with Crippen LogP contribution < -0.4 is 5.32 Å². The second-order valence-electron chi connectivity index (χ2n) is 4.50. The van der Waals surface area contributed by atoms with Crippen molar-refractivity contribution in [3.8, 4) is 0 Å². The zero-order chi connectivity index (χ0) is 11.4. The van der Waals surface area contributed by atoms with Gasteiger partial charge in [-0.15, -0.1) is 11.3 Å². The van der Waals surface area contributed by atoms with Gasteiger partial charge in [0.2, 0.25) is 0 Å². The van der Waals surface area contributed by atoms with E-state index in [1.54, 1.807) is 11.3 Å². The molecule has 2 heterocycles. The zero-order valence-electron chi connectivity index (χ0n) is 9.90. The van der Waals surface area contributed by atoms with Gasteiger partial charge in [0.15, 0.2) is 0 Å². The van der Waals surface area contributed by atoms with Crippen molar-refractivity contribution in [1.29, 1.82) is 0 Å². The molecule has 0 aliphatic carbocycles. The van der Waals surface area contributed by atoms with E-state index in [9.17, 15) is 0 Å². The number of hydrogen-bond acceptors (Lipinski definition) is 5. The number of nitrogens with zero attached hydrogens (tertiary/aromatic N) is 2. The van der Waals surface area contributed by atoms with Gasteiger partial charge in [0.05, 0.1) is 11.2 Å². The first-order valence-electron chi connectivity index (χ1n) is 5.56. The maximum Gasteiger partial charge on any atom is 0.0795 e. The second kappa shape index (κ2) is 5.49. The van der Waals surface area contributed by atoms with E-state index in [0.29, 0.717) is 5.54 Å². The lowest BCUT2D eigenvalue weighted by Gasteiger charge is -2.35. The maximum atomic E-state index is 4.29. The van der Waals surface area contributed by atoms with Crippen LogP contribution in [-0.2, 0) is 6.54 Å². The highest BCUT2D eigenvalue weighted by atomic mass is 32.2. The molecule has 1 atom stereocenters. The summed E-state index contributed by atoms with van der Waals surface area (Å²) >= 11 is 3.72. The van der Waals surface area contributed by atoms with E-state index in [1.165, 1.54) is 17.9 Å². The molecule has 0 amide bonds. The topological polar surface area (TPSA) is 28.2 Å². The molecule has 0 saturated carbocycles. The molecule has 1 fully saturated rings. The van der Waals surface area contributed by atoms with Crippen molar-refractivity contribution in [2.75, 3.05) is 32.1 Å². The van der Waals surface area contributed by atoms with E-state index in [2.05, 4.69) is 46.4 Å². The number of thiazole rings is 1. The van der Waals surface area contributed by atoms with E-state index < -0.39 is 0 Å². The summed E-state index contributed by atoms with van der Waals surface area (Å²) in [7, 11) is 4.38. The molecule has 1 aliphatic heterocycles. The molecule has 1 aliphatic rings. The van der Waals surface area contributed by atoms with Gasteiger partial charge >= 0.3 is 0 Å². The summed E-state index contributed by atoms with van der Waals surface area (Å²) in [5, 5.41) is 5.65. The van der Waals surface area contributed by atoms with Gasteiger partial charge in [0, 0.05) is 29.8 Å². The van der Waals surface area contributed by atoms with E-state index in [1.807, 2.05) is 5.51 Å². The van der Waals surface area contributed by atoms with Crippen LogP contribution in [0.2, 0.25) is 0 Å². The monoisotopic (exact) mass is 257 g/mol. The molecule has 16 heavy (non-hydrogen) atoms. The van der Waals surface area contributed by atoms with Crippen LogP contribution in [0.3, 0.4) is 0 Å². The molecular formula is C11H19N3S2. The first kappa shape index (κ1) is 12.4. The van der Waals surface area contributed by atoms with Crippen LogP contribution in [0, 0.1) is 0 Å². The van der Waals surface area contributed by atoms with Crippen molar-refractivity contribution < 1.29 is 0 Å². The average molecular weight is 257 g/mol. The Bertz CT molecular complexity index is 305. The lowest BCUT2D eigenvalue weighted by atomic mass is 9.97. The highest BCUT2D eigenvalue weighted by Crippen LogP contribution is 2.31. The summed E-state index contributed by atoms with van der Waals surface area (Å²) in [6, 6.07) is 0. The predicted octanol–water partition coefficient (Wildman–Crippen LogP) is 1.67. The van der Waals surface area contributed by atoms with Crippen molar-refractivity contribution in [2.45, 2.75) is 18.5 Å². The lowest BCUT2D eigenvalue weighted by Crippen LogP contribution is -2.51. The van der Waals surface area contributed by atoms with Crippen molar-refractivity contribution in [1.82, 2.24) is 15.2 Å². The number of rotatable bonds is 5. The molecule has 0 radical (unpaired) electrons. The van der Waals surface area contributed by atoms with Crippen molar-refractivity contribution >= 4 is 23.1 Å². The second-order valence-corrected chi connectivity index (χ2v) is 6.33. The van der Waals surface area contributed by atoms with Crippen LogP contribution in [-0.4, -0.2) is 47.6 Å². The minimum Gasteiger partial charge on any atom is -0.309 e. The fraction of sp³-hybridized carbons (Fsp3) is 0.727. The normalized spacial score (nSPS) is 25.4. The number of hydrogen-bond donors (Lipinski definition) is 1. The van der Waals surface area contributed by atoms with Gasteiger partial charge in [-0.05, 0) is 26.3 Å². The minimum absolute atomic E-state index is 0.348. The first-order valence-corrected chi connectivity index (χ1v) is 7.66. The molecule has 0 bridgehead atoms. The van der Waals surface area contributed by atoms with Gasteiger partial charge < -0.3 is 10.2 Å². The van der Waals surface area contributed by atoms with Crippen LogP contribution >= 0.6 is 23.1 Å². The molecule has 1 saturated heterocycles. The fourth-order valence-corrected chi connectivity index (χ4v) is 4.11. The quantitative estimate of drug-likeness (QED) is 0.868. The summed E-state index contributed by atoms with van der Waals surface area (Å²) in [6.45, 7) is 1.95. The van der Waals surface area contributed by atoms with Gasteiger partial charge in [0.1, 0.15) is 0 Å². The number of thioether (sulfide) groups is 1. The summed E-state index contributed by atoms with van der Waals surface area (Å²) in [5.41, 5.74) is 3.40. The third kappa shape index (κ3) is 2.77. The molecule has 1 unspecified atom stereocenters. The van der Waals surface area contributed by atoms with Crippen molar-refractivity contribution in [3.05, 3.63) is 16.6 Å². The van der Waals surface area contributed by atoms with E-state index >= 15 is 0 Å². The summed E-state index contributed by atoms with van der Waals surface area (Å²) in [6.07, 6.45) is 1.29. The molecule has 3 nitrogen and oxygen atoms in total. The molecule has 0 spiro atoms. The first-order chi connectivity index (χ1) is 7.73. The highest BCUT2D eigenvalue weighted by molar-refractivity contribution is 7.99. The minimum atomic E-state index is 0.348. The summed E-state index contributed by atoms with van der Waals surface area (Å²) < 4.78 is 0. The Balaban J connectivity index is 1.83. The van der Waals surface area contributed by atoms with Crippen LogP contribution in [0.4, 0.5) is 0 Å². The molecule has 1 aromatic heterocycles. The van der Waals surface area contributed by atoms with Crippen LogP contribution in [0.1, 0.15) is 12.1 Å². The molecule has 1 aromatic rings. The van der Waals surface area contributed by atoms with Crippen LogP contribution in [0.15, 0.2) is 10.9 Å². The molecule has 2 rings (SSSR count). The average Bonchev–Trinajstić information content (AvgIpc) is 2.88. The van der Waals surface area contributed by atoms with Gasteiger partial charge in [-0.3, -0.25) is 0 Å². The molecule has 0 aromatic carbocycles. The van der Waals surface area contributed by atoms with Crippen molar-refractivity contribution in [2.24, 2.45) is 0 Å². The Kier molecular flexibility index (Phi) is 4.24. The van der Waals surface area contributed by atoms with E-state index in [0.717, 1.165) is 18.8 Å². The van der Waals surface area contributed by atoms with Gasteiger partial charge in [-0.25, -0.2) is 4.98 Å². The summed E-state index contributed by atoms with van der Waals surface area (Å²) in [4.78, 5) is 6.66. The zero-order valence-corrected chi connectivity index (χ0v) is 11.5. The number of likely N-dealkylation sites (N-methyl/N-ethyl adjacent to an activating group) is 1. The molecule has 5 heteroatoms. The highest BCUT2D eigenvalue weighted by Gasteiger charge is 2.35. The Morgan fingerprint density at radius 2 is 2.44 bits per heavy atom. The fourth-order valence-electron chi connectivity index (χ4n) is 1.99. The Morgan fingerprint density at radius 3 is 3.00 bits per heavy atom. The van der Waals surface area contributed by atoms with E-state index in [-0.39, 0.29) is 0 Å². The Labute approximate surface area is 106 Å². The predicted molar refractivity (Wildman–Crippen MR) is 72.2 cm³/mol. The SMILES string of the molecule is CN(C)C1(CNCc2cscn2)CCSC1. The van der Waals surface area contributed by atoms with E-state index in [4.69, 9.17) is 0 Å². The standard InChI is InChI=1S/C11H19N3S2/c1-14(2)11(3-4-15-8-11)7-12-5-10-6-16-9-13-10/h6,9,12H,3-5,7-8H2,1-2H3. The smallest absolute Gasteiger partial charge is 0.0795 e. The van der Waals surface area contributed by atoms with Gasteiger partial charge in [-0.1, -0.05) is 0 Å². The molecule has 1 N–H and O–H groups in total. The van der Waals surface area contributed by atoms with Crippen LogP contribution in [0.5, 0.6) is 0 Å². The Hall–Kier alpha value is -0.100. The third-order valence-corrected chi connectivity index (χ3v) is 5.14. The molecular weight excluding hydrogens is 238 g/mol. The van der Waals surface area contributed by atoms with Crippen LogP contribution in [0.25, 0.3) is 0 Å². The largest absolute Gasteiger partial charge is 0.309 e. The van der Waals surface area contributed by atoms with Gasteiger partial charge in [-0.2, -0.15) is 11.8 Å². The number of nitrogens with one attached hydrogen (secondary N) is 1. The van der Waals surface area contributed by atoms with Gasteiger partial charge in [0.25, 0.3) is 0 Å². The Morgan fingerprint density at radius 1 is 1.56 bits per heavy atom. The number of aromatic nitrogens is 1. The van der Waals surface area contributed by atoms with Crippen molar-refractivity contribution in [3.63, 3.8) is 0 Å². The third-order valence-electron chi connectivity index (χ3n) is 3.27. The summed E-state index contributed by atoms with van der Waals surface area (Å²) in [5.74, 6) is 2.53. The lowest BCUT2D eigenvalue weighted by molar-refractivity contribution is 0.175. The maximum absolute atomic E-state index is 4.29. The molecule has 90 valence electrons.